The Balaban J connectivity index is 2.30. The van der Waals surface area contributed by atoms with Crippen LogP contribution in [0.2, 0.25) is 0 Å². The van der Waals surface area contributed by atoms with Gasteiger partial charge in [-0.1, -0.05) is 0 Å². The van der Waals surface area contributed by atoms with E-state index in [-0.39, 0.29) is 18.1 Å². The zero-order valence-corrected chi connectivity index (χ0v) is 10.3. The fourth-order valence-electron chi connectivity index (χ4n) is 1.49. The normalized spacial score (nSPS) is 16.2. The molecule has 1 aliphatic heterocycles. The number of amides is 3. The minimum Gasteiger partial charge on any atom is -0.293 e. The molecule has 1 aromatic carbocycles. The van der Waals surface area contributed by atoms with Crippen LogP contribution in [-0.4, -0.2) is 18.5 Å². The number of imide groups is 1. The van der Waals surface area contributed by atoms with Crippen molar-refractivity contribution in [2.45, 2.75) is 6.42 Å². The molecule has 6 heteroatoms. The Kier molecular flexibility index (Phi) is 3.08. The van der Waals surface area contributed by atoms with E-state index >= 15 is 0 Å². The molecule has 0 radical (unpaired) electrons. The minimum atomic E-state index is -0.458. The number of benzene rings is 1. The topological polar surface area (TPSA) is 49.4 Å². The smallest absolute Gasteiger partial charge is 0.293 e. The molecular formula is C10H8FIN2O2. The quantitative estimate of drug-likeness (QED) is 0.798. The van der Waals surface area contributed by atoms with Crippen LogP contribution in [0.4, 0.5) is 14.9 Å². The first kappa shape index (κ1) is 11.3. The largest absolute Gasteiger partial charge is 0.328 e. The van der Waals surface area contributed by atoms with Gasteiger partial charge in [-0.3, -0.25) is 15.0 Å². The summed E-state index contributed by atoms with van der Waals surface area (Å²) in [4.78, 5) is 23.9. The molecule has 1 aliphatic rings. The number of nitrogens with zero attached hydrogens (tertiary/aromatic N) is 1. The van der Waals surface area contributed by atoms with Gasteiger partial charge in [0.05, 0.1) is 5.69 Å². The number of nitrogens with one attached hydrogen (secondary N) is 1. The standard InChI is InChI=1S/C10H8FIN2O2/c11-6-1-2-8(7(12)5-6)14-4-3-9(15)13-10(14)16/h1-2,5H,3-4H2,(H,13,15,16). The molecule has 0 aliphatic carbocycles. The van der Waals surface area contributed by atoms with E-state index in [1.54, 1.807) is 0 Å². The van der Waals surface area contributed by atoms with Crippen LogP contribution in [0, 0.1) is 9.39 Å². The molecule has 0 aromatic heterocycles. The summed E-state index contributed by atoms with van der Waals surface area (Å²) in [5.41, 5.74) is 0.618. The van der Waals surface area contributed by atoms with Crippen LogP contribution in [0.15, 0.2) is 18.2 Å². The highest BCUT2D eigenvalue weighted by molar-refractivity contribution is 14.1. The van der Waals surface area contributed by atoms with E-state index in [9.17, 15) is 14.0 Å². The first-order valence-electron chi connectivity index (χ1n) is 4.64. The summed E-state index contributed by atoms with van der Waals surface area (Å²) in [7, 11) is 0. The lowest BCUT2D eigenvalue weighted by Gasteiger charge is -2.27. The Hall–Kier alpha value is -1.18. The summed E-state index contributed by atoms with van der Waals surface area (Å²) in [6, 6.07) is 3.72. The van der Waals surface area contributed by atoms with E-state index in [0.717, 1.165) is 0 Å². The van der Waals surface area contributed by atoms with Crippen LogP contribution in [0.25, 0.3) is 0 Å². The van der Waals surface area contributed by atoms with Crippen molar-refractivity contribution in [2.75, 3.05) is 11.4 Å². The number of urea groups is 1. The minimum absolute atomic E-state index is 0.263. The lowest BCUT2D eigenvalue weighted by Crippen LogP contribution is -2.49. The van der Waals surface area contributed by atoms with Crippen molar-refractivity contribution >= 4 is 40.2 Å². The van der Waals surface area contributed by atoms with E-state index in [1.807, 2.05) is 22.6 Å². The molecule has 1 fully saturated rings. The zero-order valence-electron chi connectivity index (χ0n) is 8.17. The fraction of sp³-hybridized carbons (Fsp3) is 0.200. The number of carbonyl (C=O) groups excluding carboxylic acids is 2. The van der Waals surface area contributed by atoms with Crippen molar-refractivity contribution < 1.29 is 14.0 Å². The maximum absolute atomic E-state index is 12.9. The number of carbonyl (C=O) groups is 2. The fourth-order valence-corrected chi connectivity index (χ4v) is 2.26. The second-order valence-corrected chi connectivity index (χ2v) is 4.51. The Morgan fingerprint density at radius 2 is 2.12 bits per heavy atom. The van der Waals surface area contributed by atoms with Gasteiger partial charge in [0.15, 0.2) is 0 Å². The maximum atomic E-state index is 12.9. The number of hydrogen-bond acceptors (Lipinski definition) is 2. The Morgan fingerprint density at radius 3 is 2.75 bits per heavy atom. The van der Waals surface area contributed by atoms with Crippen LogP contribution in [0.1, 0.15) is 6.42 Å². The molecule has 3 amide bonds. The Bertz CT molecular complexity index is 464. The molecule has 4 nitrogen and oxygen atoms in total. The van der Waals surface area contributed by atoms with Crippen LogP contribution in [0.5, 0.6) is 0 Å². The monoisotopic (exact) mass is 334 g/mol. The molecule has 0 atom stereocenters. The van der Waals surface area contributed by atoms with Crippen molar-refractivity contribution in [1.29, 1.82) is 0 Å². The van der Waals surface area contributed by atoms with Gasteiger partial charge in [0.2, 0.25) is 5.91 Å². The molecule has 16 heavy (non-hydrogen) atoms. The number of halogens is 2. The summed E-state index contributed by atoms with van der Waals surface area (Å²) in [5.74, 6) is -0.625. The number of rotatable bonds is 1. The lowest BCUT2D eigenvalue weighted by atomic mass is 10.2. The lowest BCUT2D eigenvalue weighted by molar-refractivity contribution is -0.120. The molecule has 0 saturated carbocycles. The van der Waals surface area contributed by atoms with E-state index in [1.165, 1.54) is 23.1 Å². The van der Waals surface area contributed by atoms with E-state index in [4.69, 9.17) is 0 Å². The third-order valence-corrected chi connectivity index (χ3v) is 3.12. The highest BCUT2D eigenvalue weighted by Crippen LogP contribution is 2.24. The van der Waals surface area contributed by atoms with Crippen molar-refractivity contribution in [3.63, 3.8) is 0 Å². The molecule has 2 rings (SSSR count). The molecule has 1 aromatic rings. The Morgan fingerprint density at radius 1 is 1.38 bits per heavy atom. The van der Waals surface area contributed by atoms with Gasteiger partial charge in [-0.2, -0.15) is 0 Å². The third kappa shape index (κ3) is 2.16. The molecule has 1 heterocycles. The third-order valence-electron chi connectivity index (χ3n) is 2.25. The van der Waals surface area contributed by atoms with Gasteiger partial charge in [-0.15, -0.1) is 0 Å². The van der Waals surface area contributed by atoms with Crippen molar-refractivity contribution in [1.82, 2.24) is 5.32 Å². The first-order valence-corrected chi connectivity index (χ1v) is 5.72. The van der Waals surface area contributed by atoms with Gasteiger partial charge in [0, 0.05) is 16.5 Å². The SMILES string of the molecule is O=C1CCN(c2ccc(F)cc2I)C(=O)N1. The van der Waals surface area contributed by atoms with Crippen LogP contribution in [0.3, 0.4) is 0 Å². The van der Waals surface area contributed by atoms with Crippen LogP contribution in [-0.2, 0) is 4.79 Å². The van der Waals surface area contributed by atoms with Crippen molar-refractivity contribution in [2.24, 2.45) is 0 Å². The van der Waals surface area contributed by atoms with Gasteiger partial charge in [-0.25, -0.2) is 9.18 Å². The molecule has 0 unspecified atom stereocenters. The average Bonchev–Trinajstić information content (AvgIpc) is 2.19. The number of anilines is 1. The summed E-state index contributed by atoms with van der Waals surface area (Å²) >= 11 is 1.96. The van der Waals surface area contributed by atoms with Gasteiger partial charge in [0.1, 0.15) is 5.82 Å². The number of hydrogen-bond donors (Lipinski definition) is 1. The van der Waals surface area contributed by atoms with Gasteiger partial charge >= 0.3 is 6.03 Å². The van der Waals surface area contributed by atoms with Crippen LogP contribution < -0.4 is 10.2 Å². The summed E-state index contributed by atoms with van der Waals surface area (Å²) < 4.78 is 13.5. The van der Waals surface area contributed by atoms with Gasteiger partial charge < -0.3 is 0 Å². The predicted octanol–water partition coefficient (Wildman–Crippen LogP) is 1.88. The zero-order chi connectivity index (χ0) is 11.7. The Labute approximate surface area is 105 Å². The van der Waals surface area contributed by atoms with E-state index in [2.05, 4.69) is 5.32 Å². The van der Waals surface area contributed by atoms with Crippen LogP contribution >= 0.6 is 22.6 Å². The van der Waals surface area contributed by atoms with E-state index in [0.29, 0.717) is 15.8 Å². The second-order valence-electron chi connectivity index (χ2n) is 3.35. The average molecular weight is 334 g/mol. The molecule has 84 valence electrons. The van der Waals surface area contributed by atoms with E-state index < -0.39 is 6.03 Å². The summed E-state index contributed by atoms with van der Waals surface area (Å²) in [6.07, 6.45) is 0.263. The highest BCUT2D eigenvalue weighted by Gasteiger charge is 2.25. The molecular weight excluding hydrogens is 326 g/mol. The van der Waals surface area contributed by atoms with Gasteiger partial charge in [-0.05, 0) is 40.8 Å². The second kappa shape index (κ2) is 4.36. The van der Waals surface area contributed by atoms with Crippen molar-refractivity contribution in [3.05, 3.63) is 27.6 Å². The van der Waals surface area contributed by atoms with Gasteiger partial charge in [0.25, 0.3) is 0 Å². The molecule has 1 N–H and O–H groups in total. The van der Waals surface area contributed by atoms with Crippen molar-refractivity contribution in [3.8, 4) is 0 Å². The maximum Gasteiger partial charge on any atom is 0.328 e. The predicted molar refractivity (Wildman–Crippen MR) is 64.6 cm³/mol. The molecule has 1 saturated heterocycles. The molecule has 0 spiro atoms. The highest BCUT2D eigenvalue weighted by atomic mass is 127. The molecule has 0 bridgehead atoms. The summed E-state index contributed by atoms with van der Waals surface area (Å²) in [6.45, 7) is 0.326. The summed E-state index contributed by atoms with van der Waals surface area (Å²) in [5, 5.41) is 2.22. The first-order chi connectivity index (χ1) is 7.58.